The molecule has 0 saturated carbocycles. The van der Waals surface area contributed by atoms with Crippen LogP contribution in [0.4, 0.5) is 10.1 Å². The second-order valence-electron chi connectivity index (χ2n) is 9.26. The second kappa shape index (κ2) is 12.9. The van der Waals surface area contributed by atoms with Crippen LogP contribution in [0.25, 0.3) is 0 Å². The maximum atomic E-state index is 13.9. The van der Waals surface area contributed by atoms with E-state index in [2.05, 4.69) is 5.32 Å². The zero-order valence-electron chi connectivity index (χ0n) is 21.5. The van der Waals surface area contributed by atoms with Crippen LogP contribution in [0, 0.1) is 5.82 Å². The van der Waals surface area contributed by atoms with Gasteiger partial charge in [-0.25, -0.2) is 12.8 Å². The van der Waals surface area contributed by atoms with E-state index in [1.807, 2.05) is 44.2 Å². The first kappa shape index (κ1) is 29.1. The van der Waals surface area contributed by atoms with E-state index >= 15 is 0 Å². The number of carbonyl (C=O) groups excluding carboxylic acids is 2. The van der Waals surface area contributed by atoms with Crippen molar-refractivity contribution in [3.8, 4) is 0 Å². The highest BCUT2D eigenvalue weighted by atomic mass is 35.5. The number of hydrogen-bond acceptors (Lipinski definition) is 4. The molecule has 0 heterocycles. The summed E-state index contributed by atoms with van der Waals surface area (Å²) in [6.45, 7) is 3.11. The Hall–Kier alpha value is -3.43. The van der Waals surface area contributed by atoms with Gasteiger partial charge in [-0.1, -0.05) is 54.1 Å². The summed E-state index contributed by atoms with van der Waals surface area (Å²) in [5.41, 5.74) is 1.69. The number of anilines is 1. The molecule has 0 aliphatic heterocycles. The fraction of sp³-hybridized carbons (Fsp3) is 0.286. The van der Waals surface area contributed by atoms with E-state index in [1.54, 1.807) is 24.3 Å². The maximum absolute atomic E-state index is 13.9. The van der Waals surface area contributed by atoms with Gasteiger partial charge in [-0.3, -0.25) is 13.9 Å². The summed E-state index contributed by atoms with van der Waals surface area (Å²) in [6.07, 6.45) is 1.19. The van der Waals surface area contributed by atoms with Crippen LogP contribution in [0.2, 0.25) is 5.02 Å². The lowest BCUT2D eigenvalue weighted by Gasteiger charge is -2.34. The molecule has 1 atom stereocenters. The Balaban J connectivity index is 2.04. The number of carbonyl (C=O) groups is 2. The Labute approximate surface area is 228 Å². The highest BCUT2D eigenvalue weighted by Crippen LogP contribution is 2.21. The molecule has 0 aromatic heterocycles. The summed E-state index contributed by atoms with van der Waals surface area (Å²) in [6, 6.07) is 19.8. The number of nitrogens with zero attached hydrogens (tertiary/aromatic N) is 2. The molecule has 38 heavy (non-hydrogen) atoms. The zero-order valence-corrected chi connectivity index (χ0v) is 23.0. The number of sulfonamides is 1. The lowest BCUT2D eigenvalue weighted by atomic mass is 10.0. The van der Waals surface area contributed by atoms with Gasteiger partial charge in [0.05, 0.1) is 11.9 Å². The molecule has 0 aliphatic rings. The van der Waals surface area contributed by atoms with Crippen molar-refractivity contribution in [2.45, 2.75) is 38.9 Å². The van der Waals surface area contributed by atoms with E-state index in [0.29, 0.717) is 10.6 Å². The Morgan fingerprint density at radius 1 is 0.921 bits per heavy atom. The molecule has 0 radical (unpaired) electrons. The topological polar surface area (TPSA) is 86.8 Å². The van der Waals surface area contributed by atoms with Crippen LogP contribution in [0.1, 0.15) is 25.0 Å². The van der Waals surface area contributed by atoms with Gasteiger partial charge in [0.25, 0.3) is 0 Å². The first-order chi connectivity index (χ1) is 17.9. The smallest absolute Gasteiger partial charge is 0.244 e. The van der Waals surface area contributed by atoms with Gasteiger partial charge in [-0.05, 0) is 61.4 Å². The molecule has 7 nitrogen and oxygen atoms in total. The molecule has 10 heteroatoms. The first-order valence-corrected chi connectivity index (χ1v) is 14.3. The summed E-state index contributed by atoms with van der Waals surface area (Å²) < 4.78 is 39.8. The third-order valence-corrected chi connectivity index (χ3v) is 7.15. The molecule has 0 saturated heterocycles. The van der Waals surface area contributed by atoms with E-state index in [1.165, 1.54) is 17.0 Å². The Morgan fingerprint density at radius 3 is 2.08 bits per heavy atom. The normalized spacial score (nSPS) is 12.2. The Morgan fingerprint density at radius 2 is 1.53 bits per heavy atom. The minimum Gasteiger partial charge on any atom is -0.352 e. The van der Waals surface area contributed by atoms with E-state index in [-0.39, 0.29) is 30.6 Å². The van der Waals surface area contributed by atoms with Gasteiger partial charge in [0.15, 0.2) is 0 Å². The monoisotopic (exact) mass is 559 g/mol. The lowest BCUT2D eigenvalue weighted by Crippen LogP contribution is -2.54. The molecule has 0 bridgehead atoms. The van der Waals surface area contributed by atoms with Gasteiger partial charge < -0.3 is 10.2 Å². The van der Waals surface area contributed by atoms with Gasteiger partial charge in [0.1, 0.15) is 18.4 Å². The van der Waals surface area contributed by atoms with E-state index in [0.717, 1.165) is 28.3 Å². The fourth-order valence-electron chi connectivity index (χ4n) is 3.94. The highest BCUT2D eigenvalue weighted by molar-refractivity contribution is 7.92. The fourth-order valence-corrected chi connectivity index (χ4v) is 4.92. The summed E-state index contributed by atoms with van der Waals surface area (Å²) in [5, 5.41) is 3.41. The Bertz CT molecular complexity index is 1330. The maximum Gasteiger partial charge on any atom is 0.244 e. The van der Waals surface area contributed by atoms with Gasteiger partial charge in [-0.2, -0.15) is 0 Å². The minimum atomic E-state index is -3.92. The summed E-state index contributed by atoms with van der Waals surface area (Å²) in [4.78, 5) is 28.7. The van der Waals surface area contributed by atoms with Crippen molar-refractivity contribution in [1.82, 2.24) is 10.2 Å². The largest absolute Gasteiger partial charge is 0.352 e. The Kier molecular flexibility index (Phi) is 9.88. The van der Waals surface area contributed by atoms with Gasteiger partial charge in [0, 0.05) is 24.0 Å². The molecule has 0 spiro atoms. The van der Waals surface area contributed by atoms with Crippen molar-refractivity contribution in [2.75, 3.05) is 17.1 Å². The minimum absolute atomic E-state index is 0.0417. The van der Waals surface area contributed by atoms with Crippen LogP contribution < -0.4 is 9.62 Å². The van der Waals surface area contributed by atoms with Gasteiger partial charge in [0.2, 0.25) is 21.8 Å². The van der Waals surface area contributed by atoms with Crippen LogP contribution in [0.15, 0.2) is 78.9 Å². The molecule has 0 fully saturated rings. The average Bonchev–Trinajstić information content (AvgIpc) is 2.86. The predicted molar refractivity (Wildman–Crippen MR) is 148 cm³/mol. The van der Waals surface area contributed by atoms with Crippen molar-refractivity contribution < 1.29 is 22.4 Å². The quantitative estimate of drug-likeness (QED) is 0.377. The van der Waals surface area contributed by atoms with Crippen LogP contribution in [0.3, 0.4) is 0 Å². The van der Waals surface area contributed by atoms with Crippen molar-refractivity contribution in [1.29, 1.82) is 0 Å². The molecule has 2 amide bonds. The van der Waals surface area contributed by atoms with E-state index in [4.69, 9.17) is 11.6 Å². The van der Waals surface area contributed by atoms with Crippen molar-refractivity contribution in [3.05, 3.63) is 101 Å². The summed E-state index contributed by atoms with van der Waals surface area (Å²) in [5.74, 6) is -1.49. The summed E-state index contributed by atoms with van der Waals surface area (Å²) >= 11 is 6.04. The SMILES string of the molecule is CC(C)NC(=O)C(Cc1ccccc1)N(Cc1ccc(Cl)cc1)C(=O)CN(c1ccc(F)cc1)S(C)(=O)=O. The van der Waals surface area contributed by atoms with Gasteiger partial charge >= 0.3 is 0 Å². The van der Waals surface area contributed by atoms with E-state index in [9.17, 15) is 22.4 Å². The van der Waals surface area contributed by atoms with Crippen LogP contribution in [-0.2, 0) is 32.6 Å². The van der Waals surface area contributed by atoms with E-state index < -0.39 is 34.3 Å². The number of rotatable bonds is 11. The molecule has 1 N–H and O–H groups in total. The average molecular weight is 560 g/mol. The predicted octanol–water partition coefficient (Wildman–Crippen LogP) is 4.41. The third-order valence-electron chi connectivity index (χ3n) is 5.76. The molecule has 3 aromatic carbocycles. The second-order valence-corrected chi connectivity index (χ2v) is 11.6. The van der Waals surface area contributed by atoms with Crippen LogP contribution in [0.5, 0.6) is 0 Å². The standard InChI is InChI=1S/C28H31ClFN3O4S/c1-20(2)31-28(35)26(17-21-7-5-4-6-8-21)32(18-22-9-11-23(29)12-10-22)27(34)19-33(38(3,36)37)25-15-13-24(30)14-16-25/h4-16,20,26H,17-19H2,1-3H3,(H,31,35). The molecule has 1 unspecified atom stereocenters. The molecule has 3 rings (SSSR count). The first-order valence-electron chi connectivity index (χ1n) is 12.1. The van der Waals surface area contributed by atoms with Gasteiger partial charge in [-0.15, -0.1) is 0 Å². The van der Waals surface area contributed by atoms with Crippen LogP contribution >= 0.6 is 11.6 Å². The molecule has 202 valence electrons. The molecular formula is C28H31ClFN3O4S. The highest BCUT2D eigenvalue weighted by Gasteiger charge is 2.33. The van der Waals surface area contributed by atoms with Crippen molar-refractivity contribution in [3.63, 3.8) is 0 Å². The number of amides is 2. The molecule has 0 aliphatic carbocycles. The number of nitrogens with one attached hydrogen (secondary N) is 1. The number of benzene rings is 3. The molecular weight excluding hydrogens is 529 g/mol. The number of hydrogen-bond donors (Lipinski definition) is 1. The zero-order chi connectivity index (χ0) is 27.9. The van der Waals surface area contributed by atoms with Crippen molar-refractivity contribution >= 4 is 39.1 Å². The van der Waals surface area contributed by atoms with Crippen molar-refractivity contribution in [2.24, 2.45) is 0 Å². The van der Waals surface area contributed by atoms with Crippen LogP contribution in [-0.4, -0.2) is 50.0 Å². The third kappa shape index (κ3) is 8.29. The number of halogens is 2. The summed E-state index contributed by atoms with van der Waals surface area (Å²) in [7, 11) is -3.92. The lowest BCUT2D eigenvalue weighted by molar-refractivity contribution is -0.140. The molecule has 3 aromatic rings.